The number of hydrogen-bond donors (Lipinski definition) is 2. The number of aromatic nitrogens is 2. The molecule has 1 fully saturated rings. The lowest BCUT2D eigenvalue weighted by Gasteiger charge is -2.29. The number of hydrogen-bond acceptors (Lipinski definition) is 5. The lowest BCUT2D eigenvalue weighted by atomic mass is 10.0. The van der Waals surface area contributed by atoms with Crippen LogP contribution in [0.2, 0.25) is 0 Å². The number of piperidine rings is 1. The summed E-state index contributed by atoms with van der Waals surface area (Å²) in [7, 11) is 0. The Labute approximate surface area is 183 Å². The molecule has 3 rings (SSSR count). The van der Waals surface area contributed by atoms with Gasteiger partial charge in [0.15, 0.2) is 0 Å². The molecule has 0 spiro atoms. The normalized spacial score (nSPS) is 15.0. The third-order valence-corrected chi connectivity index (χ3v) is 5.17. The summed E-state index contributed by atoms with van der Waals surface area (Å²) in [5.41, 5.74) is 7.04. The maximum atomic E-state index is 12.9. The Bertz CT molecular complexity index is 844. The Morgan fingerprint density at radius 3 is 2.13 bits per heavy atom. The van der Waals surface area contributed by atoms with Gasteiger partial charge < -0.3 is 16.0 Å². The van der Waals surface area contributed by atoms with E-state index in [4.69, 9.17) is 5.73 Å². The Morgan fingerprint density at radius 2 is 1.65 bits per heavy atom. The topological polar surface area (TPSA) is 67.1 Å². The van der Waals surface area contributed by atoms with Crippen LogP contribution in [0.4, 0.5) is 24.7 Å². The molecule has 0 aliphatic carbocycles. The molecule has 31 heavy (non-hydrogen) atoms. The minimum Gasteiger partial charge on any atom is -0.382 e. The van der Waals surface area contributed by atoms with E-state index in [1.807, 2.05) is 13.8 Å². The van der Waals surface area contributed by atoms with Gasteiger partial charge in [-0.25, -0.2) is 0 Å². The highest BCUT2D eigenvalue weighted by Gasteiger charge is 2.31. The smallest absolute Gasteiger partial charge is 0.382 e. The molecule has 1 aromatic carbocycles. The minimum atomic E-state index is -4.40. The summed E-state index contributed by atoms with van der Waals surface area (Å²) in [6.07, 6.45) is -0.118. The molecule has 1 aliphatic heterocycles. The van der Waals surface area contributed by atoms with Gasteiger partial charge in [0.25, 0.3) is 0 Å². The van der Waals surface area contributed by atoms with E-state index in [1.54, 1.807) is 13.0 Å². The first-order chi connectivity index (χ1) is 14.5. The van der Waals surface area contributed by atoms with E-state index in [-0.39, 0.29) is 11.9 Å². The first-order valence-corrected chi connectivity index (χ1v) is 10.8. The number of nitrogens with one attached hydrogen (secondary N) is 1. The molecule has 0 radical (unpaired) electrons. The zero-order valence-corrected chi connectivity index (χ0v) is 19.1. The van der Waals surface area contributed by atoms with Gasteiger partial charge in [-0.15, -0.1) is 10.2 Å². The number of aryl methyl sites for hydroxylation is 1. The molecule has 0 unspecified atom stereocenters. The average molecular weight is 438 g/mol. The van der Waals surface area contributed by atoms with Crippen molar-refractivity contribution in [3.63, 3.8) is 0 Å². The summed E-state index contributed by atoms with van der Waals surface area (Å²) in [5.74, 6) is 0.270. The Balaban J connectivity index is 0.000000316. The fourth-order valence-electron chi connectivity index (χ4n) is 3.56. The highest BCUT2D eigenvalue weighted by atomic mass is 19.4. The molecule has 172 valence electrons. The molecular formula is C23H34F3N5. The first kappa shape index (κ1) is 24.9. The monoisotopic (exact) mass is 437 g/mol. The number of nitrogens with two attached hydrogens (primary N) is 1. The van der Waals surface area contributed by atoms with Gasteiger partial charge in [0.1, 0.15) is 5.82 Å². The second-order valence-corrected chi connectivity index (χ2v) is 8.55. The van der Waals surface area contributed by atoms with Crippen LogP contribution in [0, 0.1) is 6.92 Å². The van der Waals surface area contributed by atoms with Crippen LogP contribution >= 0.6 is 0 Å². The molecule has 0 saturated carbocycles. The van der Waals surface area contributed by atoms with Gasteiger partial charge in [0, 0.05) is 23.3 Å². The van der Waals surface area contributed by atoms with Crippen molar-refractivity contribution in [3.8, 4) is 11.3 Å². The summed E-state index contributed by atoms with van der Waals surface area (Å²) in [6.45, 7) is 12.7. The third-order valence-electron chi connectivity index (χ3n) is 5.17. The molecule has 1 aromatic heterocycles. The first-order valence-electron chi connectivity index (χ1n) is 10.8. The largest absolute Gasteiger partial charge is 0.416 e. The molecule has 0 atom stereocenters. The second-order valence-electron chi connectivity index (χ2n) is 8.55. The molecule has 5 nitrogen and oxygen atoms in total. The number of rotatable bonds is 4. The van der Waals surface area contributed by atoms with Crippen molar-refractivity contribution in [1.82, 2.24) is 15.1 Å². The van der Waals surface area contributed by atoms with Gasteiger partial charge in [-0.3, -0.25) is 0 Å². The van der Waals surface area contributed by atoms with Crippen LogP contribution in [-0.2, 0) is 6.18 Å². The van der Waals surface area contributed by atoms with Crippen molar-refractivity contribution in [3.05, 3.63) is 35.4 Å². The average Bonchev–Trinajstić information content (AvgIpc) is 2.68. The Kier molecular flexibility index (Phi) is 8.68. The van der Waals surface area contributed by atoms with Crippen LogP contribution in [0.5, 0.6) is 0 Å². The van der Waals surface area contributed by atoms with E-state index >= 15 is 0 Å². The van der Waals surface area contributed by atoms with Crippen molar-refractivity contribution in [2.45, 2.75) is 72.1 Å². The van der Waals surface area contributed by atoms with Crippen molar-refractivity contribution in [2.24, 2.45) is 0 Å². The number of anilines is 2. The molecule has 2 aromatic rings. The summed E-state index contributed by atoms with van der Waals surface area (Å²) in [6, 6.07) is 5.92. The molecule has 1 aliphatic rings. The molecule has 0 amide bonds. The summed E-state index contributed by atoms with van der Waals surface area (Å²) >= 11 is 0. The SMILES string of the molecule is CC(C)N1CCCCC1.Cc1cc(N)nnc1-c1ccc(C(F)(F)F)cc1NC(C)C. The van der Waals surface area contributed by atoms with Crippen LogP contribution in [0.3, 0.4) is 0 Å². The third kappa shape index (κ3) is 7.38. The van der Waals surface area contributed by atoms with Crippen LogP contribution in [0.15, 0.2) is 24.3 Å². The van der Waals surface area contributed by atoms with Crippen LogP contribution < -0.4 is 11.1 Å². The van der Waals surface area contributed by atoms with Gasteiger partial charge in [-0.2, -0.15) is 13.2 Å². The van der Waals surface area contributed by atoms with Gasteiger partial charge in [0.05, 0.1) is 11.3 Å². The number of alkyl halides is 3. The molecule has 1 saturated heterocycles. The molecule has 0 bridgehead atoms. The van der Waals surface area contributed by atoms with Gasteiger partial charge in [-0.1, -0.05) is 12.5 Å². The van der Waals surface area contributed by atoms with Crippen LogP contribution in [-0.4, -0.2) is 40.3 Å². The van der Waals surface area contributed by atoms with E-state index in [2.05, 4.69) is 34.3 Å². The van der Waals surface area contributed by atoms with Gasteiger partial charge in [0.2, 0.25) is 0 Å². The zero-order chi connectivity index (χ0) is 23.2. The molecule has 2 heterocycles. The number of halogens is 3. The predicted molar refractivity (Wildman–Crippen MR) is 121 cm³/mol. The van der Waals surface area contributed by atoms with Crippen LogP contribution in [0.25, 0.3) is 11.3 Å². The highest BCUT2D eigenvalue weighted by molar-refractivity contribution is 5.78. The fourth-order valence-corrected chi connectivity index (χ4v) is 3.56. The van der Waals surface area contributed by atoms with Crippen LogP contribution in [0.1, 0.15) is 58.1 Å². The fraction of sp³-hybridized carbons (Fsp3) is 0.565. The van der Waals surface area contributed by atoms with E-state index in [9.17, 15) is 13.2 Å². The maximum absolute atomic E-state index is 12.9. The lowest BCUT2D eigenvalue weighted by Crippen LogP contribution is -2.35. The molecule has 8 heteroatoms. The molecular weight excluding hydrogens is 403 g/mol. The predicted octanol–water partition coefficient (Wildman–Crippen LogP) is 5.75. The number of likely N-dealkylation sites (tertiary alicyclic amines) is 1. The summed E-state index contributed by atoms with van der Waals surface area (Å²) < 4.78 is 38.7. The maximum Gasteiger partial charge on any atom is 0.416 e. The summed E-state index contributed by atoms with van der Waals surface area (Å²) in [5, 5.41) is 10.8. The van der Waals surface area contributed by atoms with E-state index < -0.39 is 11.7 Å². The number of benzene rings is 1. The summed E-state index contributed by atoms with van der Waals surface area (Å²) in [4.78, 5) is 2.56. The van der Waals surface area contributed by atoms with E-state index in [1.165, 1.54) is 38.4 Å². The standard InChI is InChI=1S/C15H17F3N4.C8H17N/c1-8(2)20-12-7-10(15(16,17)18)4-5-11(12)14-9(3)6-13(19)21-22-14;1-8(2)9-6-4-3-5-7-9/h4-8,20H,1-3H3,(H2,19,21);8H,3-7H2,1-2H3. The lowest BCUT2D eigenvalue weighted by molar-refractivity contribution is -0.137. The van der Waals surface area contributed by atoms with Crippen molar-refractivity contribution >= 4 is 11.5 Å². The van der Waals surface area contributed by atoms with Crippen molar-refractivity contribution < 1.29 is 13.2 Å². The number of nitrogen functional groups attached to an aromatic ring is 1. The molecule has 3 N–H and O–H groups in total. The van der Waals surface area contributed by atoms with Gasteiger partial charge >= 0.3 is 6.18 Å². The van der Waals surface area contributed by atoms with E-state index in [0.717, 1.165) is 23.7 Å². The minimum absolute atomic E-state index is 0.0238. The Morgan fingerprint density at radius 1 is 1.00 bits per heavy atom. The second kappa shape index (κ2) is 10.8. The zero-order valence-electron chi connectivity index (χ0n) is 19.1. The van der Waals surface area contributed by atoms with E-state index in [0.29, 0.717) is 16.9 Å². The highest BCUT2D eigenvalue weighted by Crippen LogP contribution is 2.36. The quantitative estimate of drug-likeness (QED) is 0.637. The van der Waals surface area contributed by atoms with Gasteiger partial charge in [-0.05, 0) is 84.3 Å². The van der Waals surface area contributed by atoms with Crippen molar-refractivity contribution in [2.75, 3.05) is 24.1 Å². The number of nitrogens with zero attached hydrogens (tertiary/aromatic N) is 3. The van der Waals surface area contributed by atoms with Crippen molar-refractivity contribution in [1.29, 1.82) is 0 Å². The Hall–Kier alpha value is -2.35.